The van der Waals surface area contributed by atoms with Gasteiger partial charge >= 0.3 is 0 Å². The molecule has 0 aromatic carbocycles. The highest BCUT2D eigenvalue weighted by Gasteiger charge is 2.15. The number of halogens is 2. The zero-order valence-corrected chi connectivity index (χ0v) is 12.3. The van der Waals surface area contributed by atoms with Gasteiger partial charge in [0.25, 0.3) is 0 Å². The van der Waals surface area contributed by atoms with E-state index in [0.717, 1.165) is 12.2 Å². The standard InChI is InChI=1S/C12H15Cl2N5/c1-18(2)3-4-19-11(10(14)7-17-19)9-5-8(13)6-16-12(9)15/h5-7H,3-4H2,1-2H3,(H2,15,16). The van der Waals surface area contributed by atoms with E-state index in [9.17, 15) is 0 Å². The fourth-order valence-corrected chi connectivity index (χ4v) is 2.13. The number of nitrogens with zero attached hydrogens (tertiary/aromatic N) is 4. The number of pyridine rings is 1. The van der Waals surface area contributed by atoms with Gasteiger partial charge in [0, 0.05) is 18.3 Å². The van der Waals surface area contributed by atoms with Crippen LogP contribution in [0.3, 0.4) is 0 Å². The van der Waals surface area contributed by atoms with Crippen LogP contribution in [0.2, 0.25) is 10.0 Å². The van der Waals surface area contributed by atoms with Gasteiger partial charge in [-0.2, -0.15) is 5.10 Å². The molecule has 0 spiro atoms. The molecule has 2 rings (SSSR count). The van der Waals surface area contributed by atoms with Crippen LogP contribution in [0.4, 0.5) is 5.82 Å². The lowest BCUT2D eigenvalue weighted by Gasteiger charge is -2.13. The second-order valence-electron chi connectivity index (χ2n) is 4.45. The molecular weight excluding hydrogens is 285 g/mol. The maximum Gasteiger partial charge on any atom is 0.132 e. The molecule has 2 heterocycles. The minimum atomic E-state index is 0.387. The van der Waals surface area contributed by atoms with E-state index in [1.807, 2.05) is 18.8 Å². The number of anilines is 1. The Morgan fingerprint density at radius 3 is 2.74 bits per heavy atom. The van der Waals surface area contributed by atoms with E-state index < -0.39 is 0 Å². The Morgan fingerprint density at radius 2 is 2.05 bits per heavy atom. The van der Waals surface area contributed by atoms with Crippen LogP contribution in [0.25, 0.3) is 11.3 Å². The molecule has 0 aliphatic rings. The summed E-state index contributed by atoms with van der Waals surface area (Å²) in [4.78, 5) is 6.12. The van der Waals surface area contributed by atoms with Gasteiger partial charge in [0.2, 0.25) is 0 Å². The van der Waals surface area contributed by atoms with Crippen LogP contribution >= 0.6 is 23.2 Å². The topological polar surface area (TPSA) is 60.0 Å². The van der Waals surface area contributed by atoms with Gasteiger partial charge in [-0.3, -0.25) is 4.68 Å². The van der Waals surface area contributed by atoms with Gasteiger partial charge in [0.15, 0.2) is 0 Å². The summed E-state index contributed by atoms with van der Waals surface area (Å²) in [5.74, 6) is 0.387. The molecule has 5 nitrogen and oxygen atoms in total. The summed E-state index contributed by atoms with van der Waals surface area (Å²) in [7, 11) is 4.00. The van der Waals surface area contributed by atoms with Crippen molar-refractivity contribution in [2.45, 2.75) is 6.54 Å². The van der Waals surface area contributed by atoms with E-state index in [1.54, 1.807) is 12.3 Å². The Labute approximate surface area is 121 Å². The van der Waals surface area contributed by atoms with Gasteiger partial charge in [0.1, 0.15) is 5.82 Å². The van der Waals surface area contributed by atoms with Crippen LogP contribution in [0, 0.1) is 0 Å². The summed E-state index contributed by atoms with van der Waals surface area (Å²) in [6.07, 6.45) is 3.11. The summed E-state index contributed by atoms with van der Waals surface area (Å²) in [6, 6.07) is 1.75. The molecule has 0 bridgehead atoms. The van der Waals surface area contributed by atoms with Gasteiger partial charge in [-0.25, -0.2) is 4.98 Å². The summed E-state index contributed by atoms with van der Waals surface area (Å²) in [6.45, 7) is 1.56. The van der Waals surface area contributed by atoms with E-state index >= 15 is 0 Å². The molecule has 2 aromatic rings. The monoisotopic (exact) mass is 299 g/mol. The van der Waals surface area contributed by atoms with Gasteiger partial charge in [0.05, 0.1) is 28.5 Å². The number of nitrogen functional groups attached to an aromatic ring is 1. The Morgan fingerprint density at radius 1 is 1.32 bits per heavy atom. The van der Waals surface area contributed by atoms with E-state index in [4.69, 9.17) is 28.9 Å². The molecule has 7 heteroatoms. The van der Waals surface area contributed by atoms with Crippen molar-refractivity contribution >= 4 is 29.0 Å². The van der Waals surface area contributed by atoms with Gasteiger partial charge < -0.3 is 10.6 Å². The smallest absolute Gasteiger partial charge is 0.132 e. The second kappa shape index (κ2) is 5.77. The highest BCUT2D eigenvalue weighted by Crippen LogP contribution is 2.32. The number of nitrogens with two attached hydrogens (primary N) is 1. The molecule has 0 amide bonds. The fourth-order valence-electron chi connectivity index (χ4n) is 1.73. The molecule has 0 aliphatic carbocycles. The first-order valence-electron chi connectivity index (χ1n) is 5.76. The Kier molecular flexibility index (Phi) is 4.29. The van der Waals surface area contributed by atoms with Crippen LogP contribution in [0.1, 0.15) is 0 Å². The van der Waals surface area contributed by atoms with E-state index in [1.165, 1.54) is 6.20 Å². The van der Waals surface area contributed by atoms with Crippen LogP contribution < -0.4 is 5.73 Å². The molecule has 0 aliphatic heterocycles. The van der Waals surface area contributed by atoms with Crippen molar-refractivity contribution in [3.63, 3.8) is 0 Å². The lowest BCUT2D eigenvalue weighted by molar-refractivity contribution is 0.374. The van der Waals surface area contributed by atoms with Gasteiger partial charge in [-0.15, -0.1) is 0 Å². The first-order valence-corrected chi connectivity index (χ1v) is 6.52. The molecule has 102 valence electrons. The molecule has 2 N–H and O–H groups in total. The molecule has 2 aromatic heterocycles. The van der Waals surface area contributed by atoms with Crippen LogP contribution in [0.15, 0.2) is 18.5 Å². The number of likely N-dealkylation sites (N-methyl/N-ethyl adjacent to an activating group) is 1. The summed E-state index contributed by atoms with van der Waals surface area (Å²) >= 11 is 12.2. The zero-order chi connectivity index (χ0) is 14.0. The Balaban J connectivity index is 2.43. The average Bonchev–Trinajstić information content (AvgIpc) is 2.71. The van der Waals surface area contributed by atoms with Crippen molar-refractivity contribution in [1.82, 2.24) is 19.7 Å². The third kappa shape index (κ3) is 3.18. The minimum absolute atomic E-state index is 0.387. The lowest BCUT2D eigenvalue weighted by atomic mass is 10.2. The highest BCUT2D eigenvalue weighted by molar-refractivity contribution is 6.33. The van der Waals surface area contributed by atoms with Crippen molar-refractivity contribution in [2.75, 3.05) is 26.4 Å². The quantitative estimate of drug-likeness (QED) is 0.942. The number of hydrogen-bond acceptors (Lipinski definition) is 4. The Hall–Kier alpha value is -1.30. The maximum absolute atomic E-state index is 6.20. The van der Waals surface area contributed by atoms with Crippen molar-refractivity contribution in [3.8, 4) is 11.3 Å². The van der Waals surface area contributed by atoms with E-state index in [-0.39, 0.29) is 0 Å². The van der Waals surface area contributed by atoms with Crippen LogP contribution in [-0.2, 0) is 6.54 Å². The molecule has 0 atom stereocenters. The SMILES string of the molecule is CN(C)CCn1ncc(Cl)c1-c1cc(Cl)cnc1N. The van der Waals surface area contributed by atoms with Crippen molar-refractivity contribution in [1.29, 1.82) is 0 Å². The summed E-state index contributed by atoms with van der Waals surface area (Å²) < 4.78 is 1.81. The summed E-state index contributed by atoms with van der Waals surface area (Å²) in [5, 5.41) is 5.32. The molecule has 0 saturated carbocycles. The molecule has 0 fully saturated rings. The molecule has 19 heavy (non-hydrogen) atoms. The molecule has 0 saturated heterocycles. The maximum atomic E-state index is 6.20. The molecule has 0 unspecified atom stereocenters. The molecular formula is C12H15Cl2N5. The number of rotatable bonds is 4. The van der Waals surface area contributed by atoms with Gasteiger partial charge in [-0.1, -0.05) is 23.2 Å². The predicted octanol–water partition coefficient (Wildman–Crippen LogP) is 2.40. The normalized spacial score (nSPS) is 11.2. The minimum Gasteiger partial charge on any atom is -0.383 e. The van der Waals surface area contributed by atoms with Crippen LogP contribution in [0.5, 0.6) is 0 Å². The lowest BCUT2D eigenvalue weighted by Crippen LogP contribution is -2.19. The van der Waals surface area contributed by atoms with Crippen molar-refractivity contribution in [2.24, 2.45) is 0 Å². The number of aromatic nitrogens is 3. The third-order valence-electron chi connectivity index (χ3n) is 2.69. The summed E-state index contributed by atoms with van der Waals surface area (Å²) in [5.41, 5.74) is 7.34. The first-order chi connectivity index (χ1) is 8.99. The second-order valence-corrected chi connectivity index (χ2v) is 5.30. The average molecular weight is 300 g/mol. The number of hydrogen-bond donors (Lipinski definition) is 1. The van der Waals surface area contributed by atoms with E-state index in [0.29, 0.717) is 28.0 Å². The first kappa shape index (κ1) is 14.1. The van der Waals surface area contributed by atoms with E-state index in [2.05, 4.69) is 15.0 Å². The fraction of sp³-hybridized carbons (Fsp3) is 0.333. The zero-order valence-electron chi connectivity index (χ0n) is 10.8. The third-order valence-corrected chi connectivity index (χ3v) is 3.18. The molecule has 0 radical (unpaired) electrons. The van der Waals surface area contributed by atoms with Crippen molar-refractivity contribution in [3.05, 3.63) is 28.5 Å². The van der Waals surface area contributed by atoms with Crippen molar-refractivity contribution < 1.29 is 0 Å². The highest BCUT2D eigenvalue weighted by atomic mass is 35.5. The largest absolute Gasteiger partial charge is 0.383 e. The van der Waals surface area contributed by atoms with Crippen LogP contribution in [-0.4, -0.2) is 40.3 Å². The predicted molar refractivity (Wildman–Crippen MR) is 78.4 cm³/mol. The Bertz CT molecular complexity index is 579. The van der Waals surface area contributed by atoms with Gasteiger partial charge in [-0.05, 0) is 20.2 Å².